The number of imidazole rings is 1. The number of aromatic amines is 1. The van der Waals surface area contributed by atoms with Crippen LogP contribution in [0.1, 0.15) is 18.4 Å². The first kappa shape index (κ1) is 11.9. The minimum absolute atomic E-state index is 0.587. The molecular formula is C14H18N2OS. The predicted molar refractivity (Wildman–Crippen MR) is 75.4 cm³/mol. The lowest BCUT2D eigenvalue weighted by Gasteiger charge is -2.22. The van der Waals surface area contributed by atoms with Gasteiger partial charge in [0.25, 0.3) is 0 Å². The van der Waals surface area contributed by atoms with Gasteiger partial charge < -0.3 is 14.3 Å². The van der Waals surface area contributed by atoms with Crippen LogP contribution in [0.3, 0.4) is 0 Å². The fourth-order valence-electron chi connectivity index (χ4n) is 2.79. The molecular weight excluding hydrogens is 244 g/mol. The van der Waals surface area contributed by atoms with E-state index in [-0.39, 0.29) is 0 Å². The summed E-state index contributed by atoms with van der Waals surface area (Å²) in [5.41, 5.74) is 3.65. The zero-order chi connectivity index (χ0) is 12.5. The summed E-state index contributed by atoms with van der Waals surface area (Å²) in [6.45, 7) is 4.87. The van der Waals surface area contributed by atoms with E-state index in [0.29, 0.717) is 5.92 Å². The summed E-state index contributed by atoms with van der Waals surface area (Å²) in [5, 5.41) is 0. The highest BCUT2D eigenvalue weighted by atomic mass is 32.1. The molecule has 1 aromatic heterocycles. The molecule has 96 valence electrons. The summed E-state index contributed by atoms with van der Waals surface area (Å²) >= 11 is 5.45. The van der Waals surface area contributed by atoms with Crippen LogP contribution in [0.15, 0.2) is 18.2 Å². The van der Waals surface area contributed by atoms with Gasteiger partial charge in [-0.2, -0.15) is 0 Å². The molecule has 1 N–H and O–H groups in total. The van der Waals surface area contributed by atoms with Crippen molar-refractivity contribution in [3.05, 3.63) is 28.5 Å². The van der Waals surface area contributed by atoms with Crippen molar-refractivity contribution < 1.29 is 4.74 Å². The van der Waals surface area contributed by atoms with Gasteiger partial charge in [0.2, 0.25) is 0 Å². The monoisotopic (exact) mass is 262 g/mol. The number of fused-ring (bicyclic) bond motifs is 1. The van der Waals surface area contributed by atoms with E-state index in [1.54, 1.807) is 0 Å². The van der Waals surface area contributed by atoms with E-state index in [0.717, 1.165) is 30.0 Å². The topological polar surface area (TPSA) is 29.9 Å². The van der Waals surface area contributed by atoms with Crippen molar-refractivity contribution >= 4 is 23.3 Å². The van der Waals surface area contributed by atoms with Crippen LogP contribution in [-0.2, 0) is 11.3 Å². The van der Waals surface area contributed by atoms with E-state index in [9.17, 15) is 0 Å². The number of rotatable bonds is 2. The van der Waals surface area contributed by atoms with E-state index in [4.69, 9.17) is 17.0 Å². The smallest absolute Gasteiger partial charge is 0.178 e. The summed E-state index contributed by atoms with van der Waals surface area (Å²) in [6, 6.07) is 6.29. The second-order valence-corrected chi connectivity index (χ2v) is 5.48. The Bertz CT molecular complexity index is 608. The molecule has 0 aliphatic carbocycles. The zero-order valence-electron chi connectivity index (χ0n) is 10.6. The van der Waals surface area contributed by atoms with E-state index < -0.39 is 0 Å². The number of aryl methyl sites for hydroxylation is 1. The van der Waals surface area contributed by atoms with Crippen molar-refractivity contribution in [3.8, 4) is 0 Å². The van der Waals surface area contributed by atoms with E-state index in [2.05, 4.69) is 34.7 Å². The number of ether oxygens (including phenoxy) is 1. The van der Waals surface area contributed by atoms with Crippen LogP contribution in [0.25, 0.3) is 11.0 Å². The van der Waals surface area contributed by atoms with Crippen LogP contribution in [0, 0.1) is 17.6 Å². The molecule has 0 amide bonds. The Balaban J connectivity index is 2.00. The Morgan fingerprint density at radius 2 is 2.39 bits per heavy atom. The molecule has 1 aromatic carbocycles. The van der Waals surface area contributed by atoms with Crippen molar-refractivity contribution in [3.63, 3.8) is 0 Å². The number of nitrogens with one attached hydrogen (secondary N) is 1. The van der Waals surface area contributed by atoms with Gasteiger partial charge in [-0.25, -0.2) is 0 Å². The number of aromatic nitrogens is 2. The van der Waals surface area contributed by atoms with Crippen molar-refractivity contribution in [2.24, 2.45) is 5.92 Å². The molecule has 1 aliphatic heterocycles. The number of H-pyrrole nitrogens is 1. The number of hydrogen-bond donors (Lipinski definition) is 1. The fourth-order valence-corrected chi connectivity index (χ4v) is 3.06. The van der Waals surface area contributed by atoms with Gasteiger partial charge in [-0.1, -0.05) is 12.1 Å². The van der Waals surface area contributed by atoms with E-state index in [1.165, 1.54) is 23.9 Å². The maximum atomic E-state index is 5.56. The third-order valence-corrected chi connectivity index (χ3v) is 4.01. The molecule has 1 fully saturated rings. The molecule has 2 heterocycles. The van der Waals surface area contributed by atoms with Crippen LogP contribution in [0.2, 0.25) is 0 Å². The highest BCUT2D eigenvalue weighted by molar-refractivity contribution is 7.71. The summed E-state index contributed by atoms with van der Waals surface area (Å²) in [7, 11) is 0. The quantitative estimate of drug-likeness (QED) is 0.840. The van der Waals surface area contributed by atoms with Crippen LogP contribution in [-0.4, -0.2) is 22.8 Å². The summed E-state index contributed by atoms with van der Waals surface area (Å²) in [4.78, 5) is 3.29. The van der Waals surface area contributed by atoms with Gasteiger partial charge in [0.1, 0.15) is 0 Å². The van der Waals surface area contributed by atoms with Gasteiger partial charge in [-0.05, 0) is 43.6 Å². The average Bonchev–Trinajstić information content (AvgIpc) is 2.69. The number of para-hydroxylation sites is 1. The van der Waals surface area contributed by atoms with Crippen LogP contribution < -0.4 is 0 Å². The Morgan fingerprint density at radius 3 is 3.17 bits per heavy atom. The normalized spacial score (nSPS) is 20.4. The molecule has 1 saturated heterocycles. The first-order valence-electron chi connectivity index (χ1n) is 6.51. The highest BCUT2D eigenvalue weighted by Gasteiger charge is 2.16. The molecule has 1 unspecified atom stereocenters. The zero-order valence-corrected chi connectivity index (χ0v) is 11.4. The Kier molecular flexibility index (Phi) is 3.22. The lowest BCUT2D eigenvalue weighted by Crippen LogP contribution is -2.22. The van der Waals surface area contributed by atoms with Crippen molar-refractivity contribution in [1.29, 1.82) is 0 Å². The third kappa shape index (κ3) is 2.10. The van der Waals surface area contributed by atoms with Crippen LogP contribution >= 0.6 is 12.2 Å². The average molecular weight is 262 g/mol. The Labute approximate surface area is 112 Å². The molecule has 18 heavy (non-hydrogen) atoms. The standard InChI is InChI=1S/C14H18N2OS/c1-10-4-2-6-12-13(10)16(14(18)15-12)8-11-5-3-7-17-9-11/h2,4,6,11H,3,5,7-9H2,1H3,(H,15,18). The van der Waals surface area contributed by atoms with E-state index >= 15 is 0 Å². The fraction of sp³-hybridized carbons (Fsp3) is 0.500. The number of hydrogen-bond acceptors (Lipinski definition) is 2. The van der Waals surface area contributed by atoms with Gasteiger partial charge in [-0.3, -0.25) is 0 Å². The van der Waals surface area contributed by atoms with Crippen LogP contribution in [0.4, 0.5) is 0 Å². The second-order valence-electron chi connectivity index (χ2n) is 5.10. The van der Waals surface area contributed by atoms with Gasteiger partial charge in [0, 0.05) is 19.1 Å². The molecule has 0 radical (unpaired) electrons. The molecule has 1 aliphatic rings. The van der Waals surface area contributed by atoms with Crippen molar-refractivity contribution in [1.82, 2.24) is 9.55 Å². The summed E-state index contributed by atoms with van der Waals surface area (Å²) < 4.78 is 8.61. The first-order chi connectivity index (χ1) is 8.75. The van der Waals surface area contributed by atoms with Crippen molar-refractivity contribution in [2.75, 3.05) is 13.2 Å². The van der Waals surface area contributed by atoms with Gasteiger partial charge >= 0.3 is 0 Å². The Morgan fingerprint density at radius 1 is 1.50 bits per heavy atom. The number of benzene rings is 1. The minimum Gasteiger partial charge on any atom is -0.381 e. The Hall–Kier alpha value is -1.13. The molecule has 4 heteroatoms. The van der Waals surface area contributed by atoms with Gasteiger partial charge in [-0.15, -0.1) is 0 Å². The molecule has 2 aromatic rings. The first-order valence-corrected chi connectivity index (χ1v) is 6.92. The molecule has 0 saturated carbocycles. The summed E-state index contributed by atoms with van der Waals surface area (Å²) in [5.74, 6) is 0.587. The molecule has 3 nitrogen and oxygen atoms in total. The molecule has 0 spiro atoms. The lowest BCUT2D eigenvalue weighted by molar-refractivity contribution is 0.0486. The number of nitrogens with zero attached hydrogens (tertiary/aromatic N) is 1. The molecule has 1 atom stereocenters. The molecule has 3 rings (SSSR count). The largest absolute Gasteiger partial charge is 0.381 e. The maximum Gasteiger partial charge on any atom is 0.178 e. The lowest BCUT2D eigenvalue weighted by atomic mass is 10.0. The highest BCUT2D eigenvalue weighted by Crippen LogP contribution is 2.22. The van der Waals surface area contributed by atoms with Gasteiger partial charge in [0.05, 0.1) is 17.6 Å². The summed E-state index contributed by atoms with van der Waals surface area (Å²) in [6.07, 6.45) is 2.40. The SMILES string of the molecule is Cc1cccc2[nH]c(=S)n(CC3CCCOC3)c12. The van der Waals surface area contributed by atoms with Crippen molar-refractivity contribution in [2.45, 2.75) is 26.3 Å². The molecule has 0 bridgehead atoms. The van der Waals surface area contributed by atoms with E-state index in [1.807, 2.05) is 0 Å². The van der Waals surface area contributed by atoms with Crippen LogP contribution in [0.5, 0.6) is 0 Å². The minimum atomic E-state index is 0.587. The maximum absolute atomic E-state index is 5.56. The second kappa shape index (κ2) is 4.86. The predicted octanol–water partition coefficient (Wildman–Crippen LogP) is 3.43. The third-order valence-electron chi connectivity index (χ3n) is 3.69. The van der Waals surface area contributed by atoms with Gasteiger partial charge in [0.15, 0.2) is 4.77 Å².